The third kappa shape index (κ3) is 2.97. The Morgan fingerprint density at radius 3 is 2.86 bits per heavy atom. The Kier molecular flexibility index (Phi) is 3.73. The van der Waals surface area contributed by atoms with E-state index in [1.54, 1.807) is 0 Å². The van der Waals surface area contributed by atoms with E-state index in [4.69, 9.17) is 9.47 Å². The van der Waals surface area contributed by atoms with Gasteiger partial charge in [0.05, 0.1) is 12.2 Å². The standard InChI is InChI=1S/C16H14FNO3/c17-13-6-7-15-14(10-13)18(8-9-20-15)16(19)21-11-12-4-2-1-3-5-12/h1-7,10H,8-9,11H2. The molecule has 1 aliphatic heterocycles. The summed E-state index contributed by atoms with van der Waals surface area (Å²) in [6.45, 7) is 0.880. The van der Waals surface area contributed by atoms with Gasteiger partial charge >= 0.3 is 6.09 Å². The number of hydrogen-bond donors (Lipinski definition) is 0. The molecule has 21 heavy (non-hydrogen) atoms. The fraction of sp³-hybridized carbons (Fsp3) is 0.188. The van der Waals surface area contributed by atoms with Gasteiger partial charge in [0.2, 0.25) is 0 Å². The first kappa shape index (κ1) is 13.4. The first-order chi connectivity index (χ1) is 10.2. The zero-order valence-electron chi connectivity index (χ0n) is 11.3. The summed E-state index contributed by atoms with van der Waals surface area (Å²) in [5.74, 6) is 0.0689. The Labute approximate surface area is 121 Å². The van der Waals surface area contributed by atoms with Crippen LogP contribution in [0.25, 0.3) is 0 Å². The van der Waals surface area contributed by atoms with Crippen molar-refractivity contribution in [3.05, 3.63) is 59.9 Å². The zero-order chi connectivity index (χ0) is 14.7. The van der Waals surface area contributed by atoms with Crippen molar-refractivity contribution in [1.29, 1.82) is 0 Å². The predicted octanol–water partition coefficient (Wildman–Crippen LogP) is 3.36. The molecule has 0 saturated heterocycles. The van der Waals surface area contributed by atoms with E-state index in [2.05, 4.69) is 0 Å². The van der Waals surface area contributed by atoms with Crippen molar-refractivity contribution in [2.45, 2.75) is 6.61 Å². The lowest BCUT2D eigenvalue weighted by molar-refractivity contribution is 0.144. The van der Waals surface area contributed by atoms with Crippen molar-refractivity contribution in [2.75, 3.05) is 18.1 Å². The Hall–Kier alpha value is -2.56. The number of rotatable bonds is 2. The van der Waals surface area contributed by atoms with E-state index in [9.17, 15) is 9.18 Å². The molecule has 108 valence electrons. The van der Waals surface area contributed by atoms with Crippen LogP contribution in [0.4, 0.5) is 14.9 Å². The fourth-order valence-electron chi connectivity index (χ4n) is 2.18. The van der Waals surface area contributed by atoms with Gasteiger partial charge in [-0.05, 0) is 17.7 Å². The largest absolute Gasteiger partial charge is 0.490 e. The molecule has 0 radical (unpaired) electrons. The lowest BCUT2D eigenvalue weighted by atomic mass is 10.2. The monoisotopic (exact) mass is 287 g/mol. The Morgan fingerprint density at radius 1 is 1.24 bits per heavy atom. The molecule has 0 aromatic heterocycles. The number of benzene rings is 2. The van der Waals surface area contributed by atoms with Crippen molar-refractivity contribution in [3.8, 4) is 5.75 Å². The molecular formula is C16H14FNO3. The summed E-state index contributed by atoms with van der Waals surface area (Å²) in [7, 11) is 0. The number of carbonyl (C=O) groups excluding carboxylic acids is 1. The molecule has 1 amide bonds. The molecule has 5 heteroatoms. The molecule has 0 fully saturated rings. The lowest BCUT2D eigenvalue weighted by Gasteiger charge is -2.28. The number of carbonyl (C=O) groups is 1. The Balaban J connectivity index is 1.73. The number of hydrogen-bond acceptors (Lipinski definition) is 3. The predicted molar refractivity (Wildman–Crippen MR) is 75.9 cm³/mol. The number of amides is 1. The third-order valence-corrected chi connectivity index (χ3v) is 3.21. The second kappa shape index (κ2) is 5.83. The highest BCUT2D eigenvalue weighted by atomic mass is 19.1. The van der Waals surface area contributed by atoms with Gasteiger partial charge in [0.25, 0.3) is 0 Å². The van der Waals surface area contributed by atoms with Crippen LogP contribution in [0.2, 0.25) is 0 Å². The van der Waals surface area contributed by atoms with E-state index in [1.165, 1.54) is 23.1 Å². The maximum absolute atomic E-state index is 13.3. The number of ether oxygens (including phenoxy) is 2. The topological polar surface area (TPSA) is 38.8 Å². The number of nitrogens with zero attached hydrogens (tertiary/aromatic N) is 1. The van der Waals surface area contributed by atoms with Crippen LogP contribution in [-0.2, 0) is 11.3 Å². The van der Waals surface area contributed by atoms with Crippen molar-refractivity contribution < 1.29 is 18.7 Å². The average Bonchev–Trinajstić information content (AvgIpc) is 2.53. The molecule has 4 nitrogen and oxygen atoms in total. The molecule has 0 N–H and O–H groups in total. The number of halogens is 1. The summed E-state index contributed by atoms with van der Waals surface area (Å²) < 4.78 is 24.0. The maximum atomic E-state index is 13.3. The summed E-state index contributed by atoms with van der Waals surface area (Å²) in [4.78, 5) is 13.6. The molecule has 1 heterocycles. The van der Waals surface area contributed by atoms with Crippen LogP contribution >= 0.6 is 0 Å². The summed E-state index contributed by atoms with van der Waals surface area (Å²) in [6, 6.07) is 13.5. The molecule has 2 aromatic carbocycles. The lowest BCUT2D eigenvalue weighted by Crippen LogP contribution is -2.38. The smallest absolute Gasteiger partial charge is 0.414 e. The minimum Gasteiger partial charge on any atom is -0.490 e. The second-order valence-corrected chi connectivity index (χ2v) is 4.65. The van der Waals surface area contributed by atoms with Crippen LogP contribution in [-0.4, -0.2) is 19.2 Å². The molecule has 0 atom stereocenters. The molecule has 0 saturated carbocycles. The Morgan fingerprint density at radius 2 is 2.05 bits per heavy atom. The van der Waals surface area contributed by atoms with Crippen LogP contribution in [0, 0.1) is 5.82 Å². The minimum absolute atomic E-state index is 0.182. The van der Waals surface area contributed by atoms with Crippen LogP contribution in [0.1, 0.15) is 5.56 Å². The van der Waals surface area contributed by atoms with Gasteiger partial charge < -0.3 is 9.47 Å². The molecule has 2 aromatic rings. The van der Waals surface area contributed by atoms with Crippen LogP contribution in [0.5, 0.6) is 5.75 Å². The van der Waals surface area contributed by atoms with Gasteiger partial charge in [-0.15, -0.1) is 0 Å². The summed E-state index contributed by atoms with van der Waals surface area (Å²) in [5, 5.41) is 0. The molecule has 0 bridgehead atoms. The summed E-state index contributed by atoms with van der Waals surface area (Å²) in [6.07, 6.45) is -0.506. The van der Waals surface area contributed by atoms with E-state index in [1.807, 2.05) is 30.3 Å². The number of anilines is 1. The molecule has 3 rings (SSSR count). The van der Waals surface area contributed by atoms with Crippen molar-refractivity contribution in [1.82, 2.24) is 0 Å². The van der Waals surface area contributed by atoms with Gasteiger partial charge in [-0.25, -0.2) is 9.18 Å². The normalized spacial score (nSPS) is 13.3. The first-order valence-corrected chi connectivity index (χ1v) is 6.64. The zero-order valence-corrected chi connectivity index (χ0v) is 11.3. The highest BCUT2D eigenvalue weighted by molar-refractivity contribution is 5.90. The summed E-state index contributed by atoms with van der Waals surface area (Å²) in [5.41, 5.74) is 1.30. The molecule has 0 aliphatic carbocycles. The molecule has 1 aliphatic rings. The van der Waals surface area contributed by atoms with E-state index >= 15 is 0 Å². The van der Waals surface area contributed by atoms with Crippen LogP contribution in [0.3, 0.4) is 0 Å². The van der Waals surface area contributed by atoms with Crippen molar-refractivity contribution in [3.63, 3.8) is 0 Å². The van der Waals surface area contributed by atoms with Gasteiger partial charge in [0.1, 0.15) is 24.8 Å². The molecule has 0 unspecified atom stereocenters. The van der Waals surface area contributed by atoms with Gasteiger partial charge in [0.15, 0.2) is 0 Å². The van der Waals surface area contributed by atoms with Gasteiger partial charge in [-0.3, -0.25) is 4.90 Å². The van der Waals surface area contributed by atoms with E-state index < -0.39 is 11.9 Å². The van der Waals surface area contributed by atoms with Gasteiger partial charge in [-0.2, -0.15) is 0 Å². The molecule has 0 spiro atoms. The van der Waals surface area contributed by atoms with Crippen LogP contribution < -0.4 is 9.64 Å². The minimum atomic E-state index is -0.506. The maximum Gasteiger partial charge on any atom is 0.414 e. The van der Waals surface area contributed by atoms with Gasteiger partial charge in [0, 0.05) is 6.07 Å². The fourth-order valence-corrected chi connectivity index (χ4v) is 2.18. The van der Waals surface area contributed by atoms with Crippen molar-refractivity contribution >= 4 is 11.8 Å². The van der Waals surface area contributed by atoms with E-state index in [-0.39, 0.29) is 6.61 Å². The number of fused-ring (bicyclic) bond motifs is 1. The highest BCUT2D eigenvalue weighted by Crippen LogP contribution is 2.32. The SMILES string of the molecule is O=C(OCc1ccccc1)N1CCOc2ccc(F)cc21. The second-order valence-electron chi connectivity index (χ2n) is 4.65. The Bertz CT molecular complexity index is 645. The van der Waals surface area contributed by atoms with Crippen molar-refractivity contribution in [2.24, 2.45) is 0 Å². The van der Waals surface area contributed by atoms with E-state index in [0.717, 1.165) is 5.56 Å². The summed E-state index contributed by atoms with van der Waals surface area (Å²) >= 11 is 0. The average molecular weight is 287 g/mol. The highest BCUT2D eigenvalue weighted by Gasteiger charge is 2.25. The third-order valence-electron chi connectivity index (χ3n) is 3.21. The quantitative estimate of drug-likeness (QED) is 0.850. The van der Waals surface area contributed by atoms with Crippen LogP contribution in [0.15, 0.2) is 48.5 Å². The first-order valence-electron chi connectivity index (χ1n) is 6.64. The van der Waals surface area contributed by atoms with E-state index in [0.29, 0.717) is 24.6 Å². The molecular weight excluding hydrogens is 273 g/mol. The van der Waals surface area contributed by atoms with Gasteiger partial charge in [-0.1, -0.05) is 30.3 Å².